The van der Waals surface area contributed by atoms with Crippen LogP contribution in [0.4, 0.5) is 5.82 Å². The Labute approximate surface area is 110 Å². The summed E-state index contributed by atoms with van der Waals surface area (Å²) in [5, 5.41) is 1.17. The van der Waals surface area contributed by atoms with E-state index in [0.29, 0.717) is 5.92 Å². The van der Waals surface area contributed by atoms with E-state index in [1.54, 1.807) is 0 Å². The molecule has 0 amide bonds. The maximum atomic E-state index is 5.54. The number of aromatic nitrogens is 1. The summed E-state index contributed by atoms with van der Waals surface area (Å²) < 4.78 is 0.991. The number of pyridine rings is 1. The quantitative estimate of drug-likeness (QED) is 0.655. The van der Waals surface area contributed by atoms with E-state index in [9.17, 15) is 0 Å². The summed E-state index contributed by atoms with van der Waals surface area (Å²) >= 11 is 3.52. The molecule has 0 saturated carbocycles. The molecule has 2 rings (SSSR count). The molecule has 0 aliphatic rings. The summed E-state index contributed by atoms with van der Waals surface area (Å²) in [5.74, 6) is 6.67. The van der Waals surface area contributed by atoms with Gasteiger partial charge in [-0.2, -0.15) is 0 Å². The molecule has 1 aromatic heterocycles. The van der Waals surface area contributed by atoms with Gasteiger partial charge >= 0.3 is 0 Å². The van der Waals surface area contributed by atoms with Crippen LogP contribution in [0.15, 0.2) is 22.7 Å². The Hall–Kier alpha value is -1.13. The fourth-order valence-electron chi connectivity index (χ4n) is 1.93. The van der Waals surface area contributed by atoms with Gasteiger partial charge in [-0.15, -0.1) is 0 Å². The summed E-state index contributed by atoms with van der Waals surface area (Å²) in [5.41, 5.74) is 5.99. The summed E-state index contributed by atoms with van der Waals surface area (Å²) in [6.45, 7) is 6.37. The molecule has 1 aromatic carbocycles. The molecule has 3 nitrogen and oxygen atoms in total. The van der Waals surface area contributed by atoms with Crippen LogP contribution in [0.25, 0.3) is 10.9 Å². The summed E-state index contributed by atoms with van der Waals surface area (Å²) in [7, 11) is 0. The number of hydrazine groups is 1. The zero-order valence-electron chi connectivity index (χ0n) is 10.2. The van der Waals surface area contributed by atoms with E-state index in [1.165, 1.54) is 10.9 Å². The van der Waals surface area contributed by atoms with Crippen molar-refractivity contribution in [3.63, 3.8) is 0 Å². The lowest BCUT2D eigenvalue weighted by Crippen LogP contribution is -2.12. The standard InChI is InChI=1S/C13H16BrN3/c1-7(2)9-6-10-8(3)4-5-11(14)12(10)16-13(9)17-15/h4-7H,15H2,1-3H3,(H,16,17). The first kappa shape index (κ1) is 12.3. The van der Waals surface area contributed by atoms with E-state index >= 15 is 0 Å². The van der Waals surface area contributed by atoms with Crippen LogP contribution < -0.4 is 11.3 Å². The first-order chi connectivity index (χ1) is 8.04. The molecule has 17 heavy (non-hydrogen) atoms. The monoisotopic (exact) mass is 293 g/mol. The molecule has 0 aliphatic heterocycles. The van der Waals surface area contributed by atoms with E-state index in [0.717, 1.165) is 21.4 Å². The zero-order valence-corrected chi connectivity index (χ0v) is 11.8. The van der Waals surface area contributed by atoms with Crippen molar-refractivity contribution in [2.45, 2.75) is 26.7 Å². The number of nitrogens with two attached hydrogens (primary N) is 1. The van der Waals surface area contributed by atoms with Crippen LogP contribution in [0.5, 0.6) is 0 Å². The minimum absolute atomic E-state index is 0.385. The number of nitrogen functional groups attached to an aromatic ring is 1. The van der Waals surface area contributed by atoms with Crippen LogP contribution >= 0.6 is 15.9 Å². The summed E-state index contributed by atoms with van der Waals surface area (Å²) in [6, 6.07) is 6.27. The van der Waals surface area contributed by atoms with Crippen LogP contribution in [0.1, 0.15) is 30.9 Å². The Bertz CT molecular complexity index is 564. The average Bonchev–Trinajstić information content (AvgIpc) is 2.32. The SMILES string of the molecule is Cc1ccc(Br)c2nc(NN)c(C(C)C)cc12. The second kappa shape index (κ2) is 4.63. The predicted molar refractivity (Wildman–Crippen MR) is 76.1 cm³/mol. The number of anilines is 1. The van der Waals surface area contributed by atoms with Gasteiger partial charge in [0.2, 0.25) is 0 Å². The lowest BCUT2D eigenvalue weighted by molar-refractivity contribution is 0.862. The topological polar surface area (TPSA) is 50.9 Å². The van der Waals surface area contributed by atoms with E-state index in [1.807, 2.05) is 6.07 Å². The number of nitrogens with one attached hydrogen (secondary N) is 1. The molecule has 0 spiro atoms. The Balaban J connectivity index is 2.83. The van der Waals surface area contributed by atoms with Crippen molar-refractivity contribution < 1.29 is 0 Å². The smallest absolute Gasteiger partial charge is 0.144 e. The minimum Gasteiger partial charge on any atom is -0.308 e. The van der Waals surface area contributed by atoms with Gasteiger partial charge in [0.25, 0.3) is 0 Å². The normalized spacial score (nSPS) is 11.2. The predicted octanol–water partition coefficient (Wildman–Crippen LogP) is 3.71. The third-order valence-electron chi connectivity index (χ3n) is 2.94. The van der Waals surface area contributed by atoms with E-state index < -0.39 is 0 Å². The Morgan fingerprint density at radius 1 is 1.35 bits per heavy atom. The third-order valence-corrected chi connectivity index (χ3v) is 3.58. The van der Waals surface area contributed by atoms with Crippen LogP contribution in [-0.2, 0) is 0 Å². The van der Waals surface area contributed by atoms with E-state index in [4.69, 9.17) is 5.84 Å². The van der Waals surface area contributed by atoms with Gasteiger partial charge in [-0.25, -0.2) is 10.8 Å². The first-order valence-corrected chi connectivity index (χ1v) is 6.40. The van der Waals surface area contributed by atoms with Crippen LogP contribution in [0.3, 0.4) is 0 Å². The highest BCUT2D eigenvalue weighted by Gasteiger charge is 2.12. The third kappa shape index (κ3) is 2.15. The lowest BCUT2D eigenvalue weighted by atomic mass is 10.00. The Kier molecular flexibility index (Phi) is 3.35. The van der Waals surface area contributed by atoms with Crippen molar-refractivity contribution in [3.05, 3.63) is 33.8 Å². The Morgan fingerprint density at radius 3 is 2.65 bits per heavy atom. The van der Waals surface area contributed by atoms with Crippen molar-refractivity contribution in [3.8, 4) is 0 Å². The summed E-state index contributed by atoms with van der Waals surface area (Å²) in [6.07, 6.45) is 0. The molecular weight excluding hydrogens is 278 g/mol. The van der Waals surface area contributed by atoms with Gasteiger partial charge in [-0.3, -0.25) is 0 Å². The van der Waals surface area contributed by atoms with Gasteiger partial charge in [-0.1, -0.05) is 19.9 Å². The highest BCUT2D eigenvalue weighted by Crippen LogP contribution is 2.31. The zero-order chi connectivity index (χ0) is 12.6. The molecule has 0 radical (unpaired) electrons. The molecule has 2 aromatic rings. The second-order valence-corrected chi connectivity index (χ2v) is 5.34. The molecule has 90 valence electrons. The van der Waals surface area contributed by atoms with Crippen LogP contribution in [0, 0.1) is 6.92 Å². The first-order valence-electron chi connectivity index (χ1n) is 5.61. The van der Waals surface area contributed by atoms with E-state index in [-0.39, 0.29) is 0 Å². The number of benzene rings is 1. The number of nitrogens with zero attached hydrogens (tertiary/aromatic N) is 1. The van der Waals surface area contributed by atoms with Crippen molar-refractivity contribution in [1.82, 2.24) is 4.98 Å². The van der Waals surface area contributed by atoms with E-state index in [2.05, 4.69) is 59.2 Å². The second-order valence-electron chi connectivity index (χ2n) is 4.49. The molecule has 0 atom stereocenters. The number of hydrogen-bond acceptors (Lipinski definition) is 3. The molecule has 3 N–H and O–H groups in total. The average molecular weight is 294 g/mol. The van der Waals surface area contributed by atoms with Crippen LogP contribution in [0.2, 0.25) is 0 Å². The fourth-order valence-corrected chi connectivity index (χ4v) is 2.37. The maximum Gasteiger partial charge on any atom is 0.144 e. The highest BCUT2D eigenvalue weighted by atomic mass is 79.9. The lowest BCUT2D eigenvalue weighted by Gasteiger charge is -2.14. The maximum absolute atomic E-state index is 5.54. The van der Waals surface area contributed by atoms with Crippen LogP contribution in [-0.4, -0.2) is 4.98 Å². The molecule has 0 saturated heterocycles. The molecule has 0 bridgehead atoms. The number of halogens is 1. The van der Waals surface area contributed by atoms with Gasteiger partial charge in [-0.05, 0) is 52.0 Å². The van der Waals surface area contributed by atoms with Gasteiger partial charge in [0, 0.05) is 9.86 Å². The number of rotatable bonds is 2. The van der Waals surface area contributed by atoms with Gasteiger partial charge in [0.1, 0.15) is 5.82 Å². The van der Waals surface area contributed by atoms with Gasteiger partial charge in [0.05, 0.1) is 5.52 Å². The number of fused-ring (bicyclic) bond motifs is 1. The molecule has 0 unspecified atom stereocenters. The van der Waals surface area contributed by atoms with Crippen molar-refractivity contribution in [1.29, 1.82) is 0 Å². The van der Waals surface area contributed by atoms with Crippen molar-refractivity contribution >= 4 is 32.7 Å². The largest absolute Gasteiger partial charge is 0.308 e. The fraction of sp³-hybridized carbons (Fsp3) is 0.308. The van der Waals surface area contributed by atoms with Gasteiger partial charge in [0.15, 0.2) is 0 Å². The van der Waals surface area contributed by atoms with Crippen molar-refractivity contribution in [2.75, 3.05) is 5.43 Å². The number of hydrogen-bond donors (Lipinski definition) is 2. The molecule has 0 aliphatic carbocycles. The molecular formula is C13H16BrN3. The van der Waals surface area contributed by atoms with Crippen molar-refractivity contribution in [2.24, 2.45) is 5.84 Å². The summed E-state index contributed by atoms with van der Waals surface area (Å²) in [4.78, 5) is 4.59. The number of aryl methyl sites for hydroxylation is 1. The molecule has 4 heteroatoms. The van der Waals surface area contributed by atoms with Gasteiger partial charge < -0.3 is 5.43 Å². The highest BCUT2D eigenvalue weighted by molar-refractivity contribution is 9.10. The minimum atomic E-state index is 0.385. The molecule has 0 fully saturated rings. The Morgan fingerprint density at radius 2 is 2.06 bits per heavy atom. The molecule has 1 heterocycles.